The summed E-state index contributed by atoms with van der Waals surface area (Å²) in [4.78, 5) is 33.4. The van der Waals surface area contributed by atoms with Gasteiger partial charge in [-0.3, -0.25) is 9.69 Å². The van der Waals surface area contributed by atoms with Gasteiger partial charge in [0.25, 0.3) is 0 Å². The fraction of sp³-hybridized carbons (Fsp3) is 0.536. The maximum atomic E-state index is 13.2. The van der Waals surface area contributed by atoms with Crippen LogP contribution in [-0.2, 0) is 9.53 Å². The summed E-state index contributed by atoms with van der Waals surface area (Å²) in [6, 6.07) is 12.3. The Hall–Kier alpha value is -2.59. The number of para-hydroxylation sites is 1. The van der Waals surface area contributed by atoms with Crippen LogP contribution in [0.4, 0.5) is 5.82 Å². The zero-order valence-corrected chi connectivity index (χ0v) is 22.7. The molecule has 2 aromatic heterocycles. The van der Waals surface area contributed by atoms with E-state index in [0.717, 1.165) is 106 Å². The summed E-state index contributed by atoms with van der Waals surface area (Å²) in [5, 5.41) is 3.10. The van der Waals surface area contributed by atoms with Crippen molar-refractivity contribution in [1.82, 2.24) is 24.7 Å². The van der Waals surface area contributed by atoms with Gasteiger partial charge >= 0.3 is 0 Å². The minimum atomic E-state index is 0.241. The molecule has 0 bridgehead atoms. The number of aromatic nitrogens is 2. The first kappa shape index (κ1) is 26.0. The number of likely N-dealkylation sites (N-methyl/N-ethyl adjacent to an activating group) is 1. The number of ether oxygens (including phenoxy) is 1. The smallest absolute Gasteiger partial charge is 0.224 e. The lowest BCUT2D eigenvalue weighted by Crippen LogP contribution is -2.49. The highest BCUT2D eigenvalue weighted by molar-refractivity contribution is 7.13. The van der Waals surface area contributed by atoms with Crippen LogP contribution >= 0.6 is 11.3 Å². The van der Waals surface area contributed by atoms with Crippen molar-refractivity contribution in [2.45, 2.75) is 19.8 Å². The lowest BCUT2D eigenvalue weighted by Gasteiger charge is -2.35. The van der Waals surface area contributed by atoms with Crippen LogP contribution in [0.5, 0.6) is 0 Å². The number of amides is 1. The first-order chi connectivity index (χ1) is 18.2. The molecule has 2 saturated heterocycles. The summed E-state index contributed by atoms with van der Waals surface area (Å²) in [7, 11) is 0. The Morgan fingerprint density at radius 1 is 0.973 bits per heavy atom. The molecular weight excluding hydrogens is 484 g/mol. The number of anilines is 1. The molecule has 0 unspecified atom stereocenters. The van der Waals surface area contributed by atoms with Crippen LogP contribution < -0.4 is 4.90 Å². The Morgan fingerprint density at radius 2 is 1.78 bits per heavy atom. The second kappa shape index (κ2) is 12.8. The quantitative estimate of drug-likeness (QED) is 0.404. The number of carbonyl (C=O) groups is 1. The Balaban J connectivity index is 1.35. The monoisotopic (exact) mass is 522 g/mol. The van der Waals surface area contributed by atoms with Crippen LogP contribution in [0.1, 0.15) is 19.8 Å². The molecule has 1 amide bonds. The summed E-state index contributed by atoms with van der Waals surface area (Å²) in [6.45, 7) is 12.9. The van der Waals surface area contributed by atoms with E-state index >= 15 is 0 Å². The maximum Gasteiger partial charge on any atom is 0.224 e. The van der Waals surface area contributed by atoms with Crippen molar-refractivity contribution in [3.8, 4) is 10.7 Å². The zero-order valence-electron chi connectivity index (χ0n) is 21.8. The summed E-state index contributed by atoms with van der Waals surface area (Å²) >= 11 is 1.65. The molecular formula is C28H38N6O2S. The van der Waals surface area contributed by atoms with E-state index in [1.54, 1.807) is 11.3 Å². The van der Waals surface area contributed by atoms with Gasteiger partial charge in [-0.15, -0.1) is 11.3 Å². The number of piperazine rings is 1. The molecule has 0 radical (unpaired) electrons. The Bertz CT molecular complexity index is 1140. The fourth-order valence-electron chi connectivity index (χ4n) is 5.15. The normalized spacial score (nSPS) is 17.4. The van der Waals surface area contributed by atoms with E-state index in [-0.39, 0.29) is 5.91 Å². The molecule has 8 nitrogen and oxygen atoms in total. The van der Waals surface area contributed by atoms with Gasteiger partial charge in [-0.25, -0.2) is 9.97 Å². The lowest BCUT2D eigenvalue weighted by molar-refractivity contribution is -0.132. The van der Waals surface area contributed by atoms with E-state index in [4.69, 9.17) is 14.7 Å². The molecule has 37 heavy (non-hydrogen) atoms. The number of carbonyl (C=O) groups excluding carboxylic acids is 1. The van der Waals surface area contributed by atoms with Crippen molar-refractivity contribution in [3.05, 3.63) is 41.8 Å². The average molecular weight is 523 g/mol. The third-order valence-corrected chi connectivity index (χ3v) is 8.26. The highest BCUT2D eigenvalue weighted by Crippen LogP contribution is 2.30. The molecule has 0 atom stereocenters. The predicted octanol–water partition coefficient (Wildman–Crippen LogP) is 3.44. The third kappa shape index (κ3) is 6.65. The number of hydrogen-bond acceptors (Lipinski definition) is 8. The first-order valence-electron chi connectivity index (χ1n) is 13.6. The van der Waals surface area contributed by atoms with Gasteiger partial charge in [0.1, 0.15) is 5.82 Å². The molecule has 9 heteroatoms. The zero-order chi connectivity index (χ0) is 25.5. The van der Waals surface area contributed by atoms with E-state index in [2.05, 4.69) is 45.2 Å². The SMILES string of the molecule is CCN1CCN(C(=O)CCN(CCCN2CCOCC2)c2nc(-c3cccs3)nc3ccccc23)CC1. The number of thiophene rings is 1. The molecule has 2 fully saturated rings. The van der Waals surface area contributed by atoms with Gasteiger partial charge in [0, 0.05) is 70.7 Å². The largest absolute Gasteiger partial charge is 0.379 e. The van der Waals surface area contributed by atoms with Crippen molar-refractivity contribution < 1.29 is 9.53 Å². The summed E-state index contributed by atoms with van der Waals surface area (Å²) in [5.41, 5.74) is 0.941. The van der Waals surface area contributed by atoms with Crippen LogP contribution in [0.2, 0.25) is 0 Å². The molecule has 0 spiro atoms. The summed E-state index contributed by atoms with van der Waals surface area (Å²) in [6.07, 6.45) is 1.51. The molecule has 5 rings (SSSR count). The number of nitrogens with zero attached hydrogens (tertiary/aromatic N) is 6. The van der Waals surface area contributed by atoms with E-state index in [1.807, 2.05) is 23.1 Å². The molecule has 2 aliphatic heterocycles. The van der Waals surface area contributed by atoms with Crippen LogP contribution in [0.25, 0.3) is 21.6 Å². The molecule has 3 aromatic rings. The van der Waals surface area contributed by atoms with Crippen molar-refractivity contribution >= 4 is 34.0 Å². The average Bonchev–Trinajstić information content (AvgIpc) is 3.50. The van der Waals surface area contributed by atoms with E-state index in [0.29, 0.717) is 13.0 Å². The van der Waals surface area contributed by atoms with Crippen molar-refractivity contribution in [1.29, 1.82) is 0 Å². The molecule has 4 heterocycles. The van der Waals surface area contributed by atoms with Crippen molar-refractivity contribution in [3.63, 3.8) is 0 Å². The minimum Gasteiger partial charge on any atom is -0.379 e. The maximum absolute atomic E-state index is 13.2. The predicted molar refractivity (Wildman–Crippen MR) is 150 cm³/mol. The Kier molecular flexibility index (Phi) is 8.99. The van der Waals surface area contributed by atoms with E-state index in [9.17, 15) is 4.79 Å². The van der Waals surface area contributed by atoms with Crippen molar-refractivity contribution in [2.24, 2.45) is 0 Å². The van der Waals surface area contributed by atoms with E-state index < -0.39 is 0 Å². The number of benzene rings is 1. The summed E-state index contributed by atoms with van der Waals surface area (Å²) in [5.74, 6) is 1.93. The molecule has 1 aromatic carbocycles. The van der Waals surface area contributed by atoms with Crippen LogP contribution in [-0.4, -0.2) is 109 Å². The van der Waals surface area contributed by atoms with E-state index in [1.165, 1.54) is 0 Å². The van der Waals surface area contributed by atoms with Crippen LogP contribution in [0, 0.1) is 0 Å². The minimum absolute atomic E-state index is 0.241. The van der Waals surface area contributed by atoms with Gasteiger partial charge in [0.15, 0.2) is 5.82 Å². The number of morpholine rings is 1. The molecule has 2 aliphatic rings. The number of rotatable bonds is 10. The molecule has 0 aliphatic carbocycles. The molecule has 198 valence electrons. The number of fused-ring (bicyclic) bond motifs is 1. The van der Waals surface area contributed by atoms with Crippen LogP contribution in [0.15, 0.2) is 41.8 Å². The fourth-order valence-corrected chi connectivity index (χ4v) is 5.81. The molecule has 0 saturated carbocycles. The highest BCUT2D eigenvalue weighted by Gasteiger charge is 2.22. The molecule has 0 N–H and O–H groups in total. The van der Waals surface area contributed by atoms with Gasteiger partial charge < -0.3 is 19.4 Å². The van der Waals surface area contributed by atoms with Crippen molar-refractivity contribution in [2.75, 3.05) is 83.6 Å². The third-order valence-electron chi connectivity index (χ3n) is 7.40. The first-order valence-corrected chi connectivity index (χ1v) is 14.4. The van der Waals surface area contributed by atoms with Gasteiger partial charge in [-0.2, -0.15) is 0 Å². The van der Waals surface area contributed by atoms with Gasteiger partial charge in [-0.1, -0.05) is 25.1 Å². The second-order valence-electron chi connectivity index (χ2n) is 9.72. The number of hydrogen-bond donors (Lipinski definition) is 0. The van der Waals surface area contributed by atoms with Gasteiger partial charge in [0.05, 0.1) is 23.6 Å². The standard InChI is InChI=1S/C28H38N6O2S/c1-2-31-14-16-33(17-15-31)26(35)10-13-34(12-6-11-32-18-20-36-21-19-32)28-23-7-3-4-8-24(23)29-27(30-28)25-9-5-22-37-25/h3-5,7-9,22H,2,6,10-21H2,1H3. The Labute approximate surface area is 223 Å². The second-order valence-corrected chi connectivity index (χ2v) is 10.7. The summed E-state index contributed by atoms with van der Waals surface area (Å²) < 4.78 is 5.52. The van der Waals surface area contributed by atoms with Crippen LogP contribution in [0.3, 0.4) is 0 Å². The lowest BCUT2D eigenvalue weighted by atomic mass is 10.2. The highest BCUT2D eigenvalue weighted by atomic mass is 32.1. The topological polar surface area (TPSA) is 65.0 Å². The van der Waals surface area contributed by atoms with Gasteiger partial charge in [0.2, 0.25) is 5.91 Å². The van der Waals surface area contributed by atoms with Gasteiger partial charge in [-0.05, 0) is 36.5 Å². The Morgan fingerprint density at radius 3 is 2.54 bits per heavy atom.